The smallest absolute Gasteiger partial charge is 0.274 e. The molecule has 1 aliphatic carbocycles. The van der Waals surface area contributed by atoms with E-state index in [1.807, 2.05) is 30.3 Å². The van der Waals surface area contributed by atoms with Gasteiger partial charge in [-0.05, 0) is 17.4 Å². The van der Waals surface area contributed by atoms with Crippen LogP contribution >= 0.6 is 0 Å². The van der Waals surface area contributed by atoms with Crippen LogP contribution in [0.3, 0.4) is 0 Å². The number of β-amino-alcohol motifs (C(OH)–C–C–N with tert-alkyl or cyclic N) is 1. The van der Waals surface area contributed by atoms with Crippen molar-refractivity contribution >= 4 is 5.91 Å². The SMILES string of the molecule is O=C(c1cnccn1)N1C[C@H](O)[C@@]2(C1)[C@H](CO)[C@H]2c1ccccc1. The average molecular weight is 325 g/mol. The third-order valence-corrected chi connectivity index (χ3v) is 5.47. The molecule has 1 amide bonds. The molecule has 2 N–H and O–H groups in total. The molecule has 1 saturated carbocycles. The Labute approximate surface area is 139 Å². The van der Waals surface area contributed by atoms with Gasteiger partial charge < -0.3 is 15.1 Å². The number of rotatable bonds is 3. The number of amides is 1. The van der Waals surface area contributed by atoms with Crippen LogP contribution in [0.1, 0.15) is 22.0 Å². The quantitative estimate of drug-likeness (QED) is 0.867. The lowest BCUT2D eigenvalue weighted by Gasteiger charge is -2.16. The second-order valence-corrected chi connectivity index (χ2v) is 6.58. The van der Waals surface area contributed by atoms with E-state index in [2.05, 4.69) is 9.97 Å². The summed E-state index contributed by atoms with van der Waals surface area (Å²) in [5, 5.41) is 20.5. The fraction of sp³-hybridized carbons (Fsp3) is 0.389. The number of benzene rings is 1. The molecule has 1 aromatic carbocycles. The van der Waals surface area contributed by atoms with Gasteiger partial charge in [0, 0.05) is 37.5 Å². The maximum Gasteiger partial charge on any atom is 0.274 e. The molecule has 1 saturated heterocycles. The van der Waals surface area contributed by atoms with Crippen molar-refractivity contribution in [3.8, 4) is 0 Å². The normalized spacial score (nSPS) is 31.4. The maximum absolute atomic E-state index is 12.6. The fourth-order valence-electron chi connectivity index (χ4n) is 4.29. The Hall–Kier alpha value is -2.31. The van der Waals surface area contributed by atoms with Gasteiger partial charge in [0.15, 0.2) is 0 Å². The van der Waals surface area contributed by atoms with Gasteiger partial charge in [0.1, 0.15) is 5.69 Å². The standard InChI is InChI=1S/C18H19N3O3/c22-10-13-16(12-4-2-1-3-5-12)18(13)11-21(9-15(18)23)17(24)14-8-19-6-7-20-14/h1-8,13,15-16,22-23H,9-11H2/t13-,15+,16-,18-/m1/s1. The first kappa shape index (κ1) is 15.2. The summed E-state index contributed by atoms with van der Waals surface area (Å²) in [5.41, 5.74) is 0.914. The van der Waals surface area contributed by atoms with Crippen LogP contribution in [-0.4, -0.2) is 56.8 Å². The number of aliphatic hydroxyl groups excluding tert-OH is 2. The Morgan fingerprint density at radius 2 is 2.08 bits per heavy atom. The van der Waals surface area contributed by atoms with Gasteiger partial charge >= 0.3 is 0 Å². The molecule has 0 radical (unpaired) electrons. The van der Waals surface area contributed by atoms with E-state index in [1.165, 1.54) is 18.6 Å². The van der Waals surface area contributed by atoms with E-state index in [4.69, 9.17) is 0 Å². The predicted octanol–water partition coefficient (Wildman–Crippen LogP) is 0.686. The van der Waals surface area contributed by atoms with Gasteiger partial charge in [-0.15, -0.1) is 0 Å². The van der Waals surface area contributed by atoms with Gasteiger partial charge in [-0.1, -0.05) is 30.3 Å². The fourth-order valence-corrected chi connectivity index (χ4v) is 4.29. The third kappa shape index (κ3) is 2.14. The zero-order valence-corrected chi connectivity index (χ0v) is 13.1. The lowest BCUT2D eigenvalue weighted by atomic mass is 9.95. The van der Waals surface area contributed by atoms with Gasteiger partial charge in [-0.25, -0.2) is 4.98 Å². The second kappa shape index (κ2) is 5.65. The van der Waals surface area contributed by atoms with Crippen molar-refractivity contribution in [1.82, 2.24) is 14.9 Å². The largest absolute Gasteiger partial charge is 0.396 e. The molecule has 24 heavy (non-hydrogen) atoms. The first-order valence-electron chi connectivity index (χ1n) is 8.07. The van der Waals surface area contributed by atoms with Crippen molar-refractivity contribution in [2.75, 3.05) is 19.7 Å². The number of hydrogen-bond acceptors (Lipinski definition) is 5. The molecule has 2 aromatic rings. The number of aromatic nitrogens is 2. The number of likely N-dealkylation sites (tertiary alicyclic amines) is 1. The first-order valence-corrected chi connectivity index (χ1v) is 8.07. The molecular weight excluding hydrogens is 306 g/mol. The van der Waals surface area contributed by atoms with Crippen molar-refractivity contribution in [3.63, 3.8) is 0 Å². The molecule has 4 atom stereocenters. The highest BCUT2D eigenvalue weighted by Gasteiger charge is 2.71. The summed E-state index contributed by atoms with van der Waals surface area (Å²) < 4.78 is 0. The van der Waals surface area contributed by atoms with Crippen molar-refractivity contribution in [2.45, 2.75) is 12.0 Å². The Balaban J connectivity index is 1.60. The van der Waals surface area contributed by atoms with Crippen LogP contribution < -0.4 is 0 Å². The molecular formula is C18H19N3O3. The Bertz CT molecular complexity index is 740. The monoisotopic (exact) mass is 325 g/mol. The average Bonchev–Trinajstić information content (AvgIpc) is 3.17. The predicted molar refractivity (Wildman–Crippen MR) is 86.1 cm³/mol. The number of carbonyl (C=O) groups is 1. The minimum absolute atomic E-state index is 0.00376. The first-order chi connectivity index (χ1) is 11.7. The number of aliphatic hydroxyl groups is 2. The van der Waals surface area contributed by atoms with E-state index in [0.29, 0.717) is 6.54 Å². The van der Waals surface area contributed by atoms with E-state index in [1.54, 1.807) is 4.90 Å². The Kier molecular flexibility index (Phi) is 3.58. The molecule has 2 heterocycles. The van der Waals surface area contributed by atoms with Crippen LogP contribution in [0.4, 0.5) is 0 Å². The molecule has 0 bridgehead atoms. The Morgan fingerprint density at radius 1 is 1.29 bits per heavy atom. The van der Waals surface area contributed by atoms with Crippen LogP contribution in [0.5, 0.6) is 0 Å². The van der Waals surface area contributed by atoms with E-state index >= 15 is 0 Å². The van der Waals surface area contributed by atoms with Gasteiger partial charge in [-0.3, -0.25) is 9.78 Å². The zero-order valence-electron chi connectivity index (χ0n) is 13.1. The lowest BCUT2D eigenvalue weighted by molar-refractivity contribution is 0.0758. The summed E-state index contributed by atoms with van der Waals surface area (Å²) in [5.74, 6) is -0.192. The summed E-state index contributed by atoms with van der Waals surface area (Å²) >= 11 is 0. The van der Waals surface area contributed by atoms with E-state index in [9.17, 15) is 15.0 Å². The molecule has 1 aliphatic heterocycles. The maximum atomic E-state index is 12.6. The summed E-state index contributed by atoms with van der Waals surface area (Å²) in [7, 11) is 0. The minimum atomic E-state index is -0.652. The topological polar surface area (TPSA) is 86.6 Å². The molecule has 6 heteroatoms. The highest BCUT2D eigenvalue weighted by atomic mass is 16.3. The lowest BCUT2D eigenvalue weighted by Crippen LogP contribution is -2.30. The van der Waals surface area contributed by atoms with Crippen LogP contribution in [0.2, 0.25) is 0 Å². The third-order valence-electron chi connectivity index (χ3n) is 5.47. The van der Waals surface area contributed by atoms with Crippen LogP contribution in [-0.2, 0) is 0 Å². The number of carbonyl (C=O) groups excluding carboxylic acids is 1. The minimum Gasteiger partial charge on any atom is -0.396 e. The van der Waals surface area contributed by atoms with Gasteiger partial charge in [0.25, 0.3) is 5.91 Å². The summed E-state index contributed by atoms with van der Waals surface area (Å²) in [6.45, 7) is 0.688. The number of hydrogen-bond donors (Lipinski definition) is 2. The molecule has 2 aliphatic rings. The summed E-state index contributed by atoms with van der Waals surface area (Å²) in [6.07, 6.45) is 3.78. The molecule has 6 nitrogen and oxygen atoms in total. The van der Waals surface area contributed by atoms with Crippen LogP contribution in [0, 0.1) is 11.3 Å². The van der Waals surface area contributed by atoms with Crippen molar-refractivity contribution < 1.29 is 15.0 Å². The summed E-state index contributed by atoms with van der Waals surface area (Å²) in [6, 6.07) is 9.89. The van der Waals surface area contributed by atoms with Gasteiger partial charge in [-0.2, -0.15) is 0 Å². The number of nitrogens with zero attached hydrogens (tertiary/aromatic N) is 3. The highest BCUT2D eigenvalue weighted by molar-refractivity contribution is 5.92. The van der Waals surface area contributed by atoms with Crippen molar-refractivity contribution in [2.24, 2.45) is 11.3 Å². The van der Waals surface area contributed by atoms with Gasteiger partial charge in [0.05, 0.1) is 12.3 Å². The zero-order chi connectivity index (χ0) is 16.7. The molecule has 0 unspecified atom stereocenters. The molecule has 1 spiro atoms. The molecule has 2 fully saturated rings. The van der Waals surface area contributed by atoms with Crippen molar-refractivity contribution in [1.29, 1.82) is 0 Å². The van der Waals surface area contributed by atoms with Gasteiger partial charge in [0.2, 0.25) is 0 Å². The summed E-state index contributed by atoms with van der Waals surface area (Å²) in [4.78, 5) is 22.2. The molecule has 124 valence electrons. The van der Waals surface area contributed by atoms with Crippen LogP contribution in [0.25, 0.3) is 0 Å². The van der Waals surface area contributed by atoms with E-state index in [0.717, 1.165) is 5.56 Å². The Morgan fingerprint density at radius 3 is 2.75 bits per heavy atom. The highest BCUT2D eigenvalue weighted by Crippen LogP contribution is 2.68. The van der Waals surface area contributed by atoms with E-state index in [-0.39, 0.29) is 36.6 Å². The molecule has 1 aromatic heterocycles. The van der Waals surface area contributed by atoms with E-state index < -0.39 is 11.5 Å². The van der Waals surface area contributed by atoms with Crippen LogP contribution in [0.15, 0.2) is 48.9 Å². The van der Waals surface area contributed by atoms with Crippen molar-refractivity contribution in [3.05, 3.63) is 60.2 Å². The molecule has 4 rings (SSSR count). The second-order valence-electron chi connectivity index (χ2n) is 6.58.